The molecule has 4 rings (SSSR count). The van der Waals surface area contributed by atoms with Gasteiger partial charge in [-0.3, -0.25) is 0 Å². The van der Waals surface area contributed by atoms with E-state index in [0.717, 1.165) is 47.4 Å². The molecule has 1 aromatic carbocycles. The fraction of sp³-hybridized carbons (Fsp3) is 0.333. The first-order valence-electron chi connectivity index (χ1n) is 6.97. The van der Waals surface area contributed by atoms with Crippen LogP contribution >= 0.6 is 11.6 Å². The lowest BCUT2D eigenvalue weighted by atomic mass is 9.77. The van der Waals surface area contributed by atoms with Crippen LogP contribution in [0.1, 0.15) is 30.7 Å². The molecule has 3 aromatic rings. The number of H-pyrrole nitrogens is 1. The fourth-order valence-electron chi connectivity index (χ4n) is 2.75. The molecule has 1 aliphatic rings. The first-order chi connectivity index (χ1) is 10.0. The number of nitrogens with two attached hydrogens (primary N) is 1. The molecule has 2 heterocycles. The highest BCUT2D eigenvalue weighted by Gasteiger charge is 2.37. The van der Waals surface area contributed by atoms with Gasteiger partial charge in [-0.25, -0.2) is 9.97 Å². The normalized spacial score (nSPS) is 17.1. The van der Waals surface area contributed by atoms with Gasteiger partial charge in [0.2, 0.25) is 5.89 Å². The Labute approximate surface area is 126 Å². The van der Waals surface area contributed by atoms with Gasteiger partial charge in [0.15, 0.2) is 5.58 Å². The van der Waals surface area contributed by atoms with E-state index in [2.05, 4.69) is 15.0 Å². The molecule has 0 unspecified atom stereocenters. The van der Waals surface area contributed by atoms with Gasteiger partial charge in [-0.15, -0.1) is 0 Å². The zero-order valence-corrected chi connectivity index (χ0v) is 12.4. The van der Waals surface area contributed by atoms with Gasteiger partial charge >= 0.3 is 0 Å². The van der Waals surface area contributed by atoms with Gasteiger partial charge in [0, 0.05) is 5.02 Å². The zero-order chi connectivity index (χ0) is 14.6. The van der Waals surface area contributed by atoms with Crippen LogP contribution in [0.25, 0.3) is 22.7 Å². The van der Waals surface area contributed by atoms with E-state index in [-0.39, 0.29) is 5.54 Å². The predicted molar refractivity (Wildman–Crippen MR) is 81.1 cm³/mol. The summed E-state index contributed by atoms with van der Waals surface area (Å²) in [4.78, 5) is 12.1. The number of nitrogens with one attached hydrogen (secondary N) is 1. The standard InChI is InChI=1S/C15H15ClN4O/c1-8-5-9(16)6-10-12(8)21-13(19-10)11-7-18-14(20-11)15(17)3-2-4-15/h5-7H,2-4,17H2,1H3,(H,18,20). The van der Waals surface area contributed by atoms with E-state index >= 15 is 0 Å². The Kier molecular flexibility index (Phi) is 2.65. The first kappa shape index (κ1) is 12.9. The predicted octanol–water partition coefficient (Wildman–Crippen LogP) is 3.52. The van der Waals surface area contributed by atoms with Crippen molar-refractivity contribution in [1.82, 2.24) is 15.0 Å². The van der Waals surface area contributed by atoms with E-state index in [9.17, 15) is 0 Å². The Hall–Kier alpha value is -1.85. The minimum atomic E-state index is -0.316. The van der Waals surface area contributed by atoms with Crippen molar-refractivity contribution >= 4 is 22.7 Å². The average molecular weight is 303 g/mol. The number of aromatic nitrogens is 3. The molecular formula is C15H15ClN4O. The number of halogens is 1. The molecular weight excluding hydrogens is 288 g/mol. The molecule has 1 saturated carbocycles. The monoisotopic (exact) mass is 302 g/mol. The van der Waals surface area contributed by atoms with Crippen LogP contribution in [0.5, 0.6) is 0 Å². The highest BCUT2D eigenvalue weighted by atomic mass is 35.5. The Balaban J connectivity index is 1.78. The summed E-state index contributed by atoms with van der Waals surface area (Å²) in [6, 6.07) is 3.66. The van der Waals surface area contributed by atoms with Crippen LogP contribution in [0.2, 0.25) is 5.02 Å². The molecule has 0 atom stereocenters. The van der Waals surface area contributed by atoms with Gasteiger partial charge in [0.25, 0.3) is 0 Å². The lowest BCUT2D eigenvalue weighted by Gasteiger charge is -2.35. The molecule has 21 heavy (non-hydrogen) atoms. The molecule has 1 fully saturated rings. The summed E-state index contributed by atoms with van der Waals surface area (Å²) in [6.07, 6.45) is 4.79. The SMILES string of the molecule is Cc1cc(Cl)cc2nc(-c3cnc(C4(N)CCC4)[nH]3)oc12. The van der Waals surface area contributed by atoms with Gasteiger partial charge < -0.3 is 15.1 Å². The second kappa shape index (κ2) is 4.32. The van der Waals surface area contributed by atoms with E-state index in [0.29, 0.717) is 10.9 Å². The van der Waals surface area contributed by atoms with Crippen LogP contribution in [0.15, 0.2) is 22.7 Å². The second-order valence-corrected chi connectivity index (χ2v) is 6.18. The lowest BCUT2D eigenvalue weighted by Crippen LogP contribution is -2.44. The smallest absolute Gasteiger partial charge is 0.245 e. The third kappa shape index (κ3) is 1.96. The number of hydrogen-bond donors (Lipinski definition) is 2. The number of imidazole rings is 1. The van der Waals surface area contributed by atoms with E-state index in [4.69, 9.17) is 21.8 Å². The highest BCUT2D eigenvalue weighted by molar-refractivity contribution is 6.31. The van der Waals surface area contributed by atoms with Gasteiger partial charge in [-0.05, 0) is 43.9 Å². The zero-order valence-electron chi connectivity index (χ0n) is 11.6. The summed E-state index contributed by atoms with van der Waals surface area (Å²) >= 11 is 6.05. The molecule has 1 aliphatic carbocycles. The molecule has 3 N–H and O–H groups in total. The van der Waals surface area contributed by atoms with E-state index in [1.807, 2.05) is 13.0 Å². The maximum atomic E-state index is 6.27. The maximum Gasteiger partial charge on any atom is 0.245 e. The van der Waals surface area contributed by atoms with Crippen LogP contribution in [-0.2, 0) is 5.54 Å². The topological polar surface area (TPSA) is 80.7 Å². The van der Waals surface area contributed by atoms with E-state index < -0.39 is 0 Å². The van der Waals surface area contributed by atoms with Crippen LogP contribution < -0.4 is 5.73 Å². The lowest BCUT2D eigenvalue weighted by molar-refractivity contribution is 0.240. The summed E-state index contributed by atoms with van der Waals surface area (Å²) in [6.45, 7) is 1.95. The first-order valence-corrected chi connectivity index (χ1v) is 7.34. The maximum absolute atomic E-state index is 6.27. The van der Waals surface area contributed by atoms with Crippen molar-refractivity contribution in [2.75, 3.05) is 0 Å². The quantitative estimate of drug-likeness (QED) is 0.759. The number of aromatic amines is 1. The molecule has 2 aromatic heterocycles. The van der Waals surface area contributed by atoms with Crippen molar-refractivity contribution in [2.45, 2.75) is 31.7 Å². The molecule has 0 bridgehead atoms. The molecule has 6 heteroatoms. The molecule has 0 saturated heterocycles. The molecule has 0 aliphatic heterocycles. The average Bonchev–Trinajstić information content (AvgIpc) is 3.01. The molecule has 0 spiro atoms. The molecule has 108 valence electrons. The van der Waals surface area contributed by atoms with Crippen LogP contribution in [0.4, 0.5) is 0 Å². The van der Waals surface area contributed by atoms with E-state index in [1.54, 1.807) is 12.3 Å². The molecule has 0 radical (unpaired) electrons. The third-order valence-electron chi connectivity index (χ3n) is 4.16. The molecule has 5 nitrogen and oxygen atoms in total. The van der Waals surface area contributed by atoms with E-state index in [1.165, 1.54) is 0 Å². The Morgan fingerprint density at radius 1 is 1.38 bits per heavy atom. The third-order valence-corrected chi connectivity index (χ3v) is 4.38. The summed E-state index contributed by atoms with van der Waals surface area (Å²) in [5, 5.41) is 0.653. The second-order valence-electron chi connectivity index (χ2n) is 5.75. The Morgan fingerprint density at radius 3 is 2.90 bits per heavy atom. The van der Waals surface area contributed by atoms with Crippen molar-refractivity contribution in [1.29, 1.82) is 0 Å². The fourth-order valence-corrected chi connectivity index (χ4v) is 3.02. The highest BCUT2D eigenvalue weighted by Crippen LogP contribution is 2.38. The number of nitrogens with zero attached hydrogens (tertiary/aromatic N) is 2. The van der Waals surface area contributed by atoms with Gasteiger partial charge in [-0.2, -0.15) is 0 Å². The number of oxazole rings is 1. The number of fused-ring (bicyclic) bond motifs is 1. The number of hydrogen-bond acceptors (Lipinski definition) is 4. The number of benzene rings is 1. The van der Waals surface area contributed by atoms with Crippen molar-refractivity contribution in [3.8, 4) is 11.6 Å². The number of aryl methyl sites for hydroxylation is 1. The summed E-state index contributed by atoms with van der Waals surface area (Å²) in [5.41, 5.74) is 9.16. The Morgan fingerprint density at radius 2 is 2.19 bits per heavy atom. The summed E-state index contributed by atoms with van der Waals surface area (Å²) < 4.78 is 5.84. The summed E-state index contributed by atoms with van der Waals surface area (Å²) in [5.74, 6) is 1.32. The molecule has 0 amide bonds. The largest absolute Gasteiger partial charge is 0.434 e. The van der Waals surface area contributed by atoms with Crippen molar-refractivity contribution < 1.29 is 4.42 Å². The van der Waals surface area contributed by atoms with Gasteiger partial charge in [-0.1, -0.05) is 11.6 Å². The van der Waals surface area contributed by atoms with Gasteiger partial charge in [0.05, 0.1) is 11.7 Å². The van der Waals surface area contributed by atoms with Crippen LogP contribution in [0, 0.1) is 6.92 Å². The number of rotatable bonds is 2. The van der Waals surface area contributed by atoms with Crippen molar-refractivity contribution in [3.63, 3.8) is 0 Å². The van der Waals surface area contributed by atoms with Crippen LogP contribution in [-0.4, -0.2) is 15.0 Å². The Bertz CT molecular complexity index is 831. The minimum absolute atomic E-state index is 0.316. The van der Waals surface area contributed by atoms with Crippen LogP contribution in [0.3, 0.4) is 0 Å². The van der Waals surface area contributed by atoms with Crippen molar-refractivity contribution in [2.24, 2.45) is 5.73 Å². The van der Waals surface area contributed by atoms with Crippen molar-refractivity contribution in [3.05, 3.63) is 34.7 Å². The van der Waals surface area contributed by atoms with Gasteiger partial charge in [0.1, 0.15) is 17.0 Å². The minimum Gasteiger partial charge on any atom is -0.434 e. The summed E-state index contributed by atoms with van der Waals surface area (Å²) in [7, 11) is 0.